The smallest absolute Gasteiger partial charge is 0.382 e. The van der Waals surface area contributed by atoms with Crippen LogP contribution < -0.4 is 4.74 Å². The Hall–Kier alpha value is -2.71. The van der Waals surface area contributed by atoms with Gasteiger partial charge in [0.1, 0.15) is 22.5 Å². The van der Waals surface area contributed by atoms with Crippen molar-refractivity contribution in [2.75, 3.05) is 6.16 Å². The highest BCUT2D eigenvalue weighted by Gasteiger charge is 2.31. The first-order chi connectivity index (χ1) is 14.0. The summed E-state index contributed by atoms with van der Waals surface area (Å²) in [5.41, 5.74) is -1.91. The van der Waals surface area contributed by atoms with Crippen LogP contribution in [0.3, 0.4) is 0 Å². The molecule has 7 nitrogen and oxygen atoms in total. The molecule has 0 aromatic heterocycles. The summed E-state index contributed by atoms with van der Waals surface area (Å²) in [5, 5.41) is 10.4. The lowest BCUT2D eigenvalue weighted by atomic mass is 10.1. The van der Waals surface area contributed by atoms with Crippen LogP contribution in [-0.2, 0) is 9.30 Å². The van der Waals surface area contributed by atoms with Crippen molar-refractivity contribution in [2.24, 2.45) is 0 Å². The van der Waals surface area contributed by atoms with E-state index in [1.165, 1.54) is 6.92 Å². The van der Waals surface area contributed by atoms with Gasteiger partial charge in [0, 0.05) is 24.6 Å². The van der Waals surface area contributed by atoms with Gasteiger partial charge in [-0.05, 0) is 19.9 Å². The first-order valence-electron chi connectivity index (χ1n) is 8.43. The topological polar surface area (TPSA) is 95.7 Å². The largest absolute Gasteiger partial charge is 0.452 e. The zero-order chi connectivity index (χ0) is 22.7. The molecule has 30 heavy (non-hydrogen) atoms. The number of hydrogen-bond acceptors (Lipinski definition) is 6. The van der Waals surface area contributed by atoms with Crippen molar-refractivity contribution in [1.29, 1.82) is 0 Å². The van der Waals surface area contributed by atoms with E-state index < -0.39 is 69.6 Å². The number of hydrogen-bond donors (Lipinski definition) is 0. The molecule has 0 saturated carbocycles. The van der Waals surface area contributed by atoms with Crippen LogP contribution in [0.4, 0.5) is 18.9 Å². The second-order valence-corrected chi connectivity index (χ2v) is 8.56. The van der Waals surface area contributed by atoms with Gasteiger partial charge in [0.05, 0.1) is 4.92 Å². The summed E-state index contributed by atoms with van der Waals surface area (Å²) in [5.74, 6) is -7.90. The molecule has 160 valence electrons. The van der Waals surface area contributed by atoms with Gasteiger partial charge in [-0.15, -0.1) is 0 Å². The third-order valence-electron chi connectivity index (χ3n) is 4.04. The minimum Gasteiger partial charge on any atom is -0.452 e. The molecule has 0 N–H and O–H groups in total. The highest BCUT2D eigenvalue weighted by molar-refractivity contribution is 7.45. The molecule has 0 radical (unpaired) electrons. The lowest BCUT2D eigenvalue weighted by Gasteiger charge is -2.13. The molecule has 0 saturated heterocycles. The molecular formula is C18H15ClF3NO6P+. The van der Waals surface area contributed by atoms with E-state index in [1.54, 1.807) is 6.92 Å². The molecule has 0 spiro atoms. The van der Waals surface area contributed by atoms with E-state index in [0.29, 0.717) is 0 Å². The standard InChI is InChI=1S/C18H15ClF3NO6P/c1-4-30(27)9(3)28-18(24)11-7-10(5-6-12(11)23(25)26)29-17-13(19)14(20)8(2)15(21)16(17)22/h5-7,9H,4H2,1-3H3/q+1. The summed E-state index contributed by atoms with van der Waals surface area (Å²) in [6.07, 6.45) is 0.220. The number of benzene rings is 2. The fourth-order valence-electron chi connectivity index (χ4n) is 2.36. The van der Waals surface area contributed by atoms with Crippen molar-refractivity contribution >= 4 is 31.1 Å². The van der Waals surface area contributed by atoms with Gasteiger partial charge in [0.15, 0.2) is 17.4 Å². The van der Waals surface area contributed by atoms with Gasteiger partial charge in [0.25, 0.3) is 11.5 Å². The predicted octanol–water partition coefficient (Wildman–Crippen LogP) is 6.12. The van der Waals surface area contributed by atoms with Crippen LogP contribution >= 0.6 is 19.4 Å². The SMILES string of the molecule is CC[P+](=O)C(C)OC(=O)c1cc(Oc2c(F)c(F)c(C)c(F)c2Cl)ccc1[N+](=O)[O-]. The lowest BCUT2D eigenvalue weighted by Crippen LogP contribution is -2.14. The van der Waals surface area contributed by atoms with E-state index in [9.17, 15) is 32.6 Å². The number of carbonyl (C=O) groups is 1. The summed E-state index contributed by atoms with van der Waals surface area (Å²) < 4.78 is 63.8. The molecule has 12 heteroatoms. The second-order valence-electron chi connectivity index (χ2n) is 5.99. The minimum atomic E-state index is -1.90. The summed E-state index contributed by atoms with van der Waals surface area (Å²) in [4.78, 5) is 22.7. The maximum atomic E-state index is 14.2. The molecule has 0 aliphatic heterocycles. The number of nitro groups is 1. The molecule has 0 bridgehead atoms. The fourth-order valence-corrected chi connectivity index (χ4v) is 3.36. The van der Waals surface area contributed by atoms with Gasteiger partial charge in [-0.2, -0.15) is 4.39 Å². The highest BCUT2D eigenvalue weighted by atomic mass is 35.5. The molecule has 2 unspecified atom stereocenters. The molecule has 2 aromatic carbocycles. The zero-order valence-electron chi connectivity index (χ0n) is 15.9. The Kier molecular flexibility index (Phi) is 7.39. The van der Waals surface area contributed by atoms with Gasteiger partial charge >= 0.3 is 13.8 Å². The van der Waals surface area contributed by atoms with E-state index in [0.717, 1.165) is 25.1 Å². The second kappa shape index (κ2) is 9.40. The molecule has 2 aromatic rings. The highest BCUT2D eigenvalue weighted by Crippen LogP contribution is 2.39. The molecule has 2 atom stereocenters. The van der Waals surface area contributed by atoms with Gasteiger partial charge in [0.2, 0.25) is 5.82 Å². The maximum absolute atomic E-state index is 14.2. The van der Waals surface area contributed by atoms with E-state index in [2.05, 4.69) is 0 Å². The van der Waals surface area contributed by atoms with Crippen LogP contribution in [0.1, 0.15) is 29.8 Å². The molecule has 0 aliphatic rings. The molecule has 0 fully saturated rings. The van der Waals surface area contributed by atoms with Crippen LogP contribution in [0.15, 0.2) is 18.2 Å². The number of carbonyl (C=O) groups excluding carboxylic acids is 1. The quantitative estimate of drug-likeness (QED) is 0.161. The van der Waals surface area contributed by atoms with Crippen molar-refractivity contribution in [3.63, 3.8) is 0 Å². The molecular weight excluding hydrogens is 450 g/mol. The zero-order valence-corrected chi connectivity index (χ0v) is 17.5. The van der Waals surface area contributed by atoms with Crippen LogP contribution in [-0.4, -0.2) is 22.9 Å². The van der Waals surface area contributed by atoms with Crippen molar-refractivity contribution in [2.45, 2.75) is 26.6 Å². The average Bonchev–Trinajstić information content (AvgIpc) is 2.72. The fraction of sp³-hybridized carbons (Fsp3) is 0.278. The van der Waals surface area contributed by atoms with Crippen molar-refractivity contribution in [3.8, 4) is 11.5 Å². The van der Waals surface area contributed by atoms with Gasteiger partial charge in [-0.25, -0.2) is 13.6 Å². The third-order valence-corrected chi connectivity index (χ3v) is 5.92. The number of nitrogens with zero attached hydrogens (tertiary/aromatic N) is 1. The van der Waals surface area contributed by atoms with Crippen molar-refractivity contribution in [1.82, 2.24) is 0 Å². The summed E-state index contributed by atoms with van der Waals surface area (Å²) >= 11 is 5.69. The number of ether oxygens (including phenoxy) is 2. The van der Waals surface area contributed by atoms with Gasteiger partial charge < -0.3 is 9.47 Å². The van der Waals surface area contributed by atoms with Crippen molar-refractivity contribution in [3.05, 3.63) is 61.9 Å². The van der Waals surface area contributed by atoms with Crippen LogP contribution in [0.5, 0.6) is 11.5 Å². The molecule has 0 amide bonds. The normalized spacial score (nSPS) is 12.3. The van der Waals surface area contributed by atoms with Gasteiger partial charge in [-0.3, -0.25) is 10.1 Å². The Morgan fingerprint density at radius 1 is 1.27 bits per heavy atom. The Bertz CT molecular complexity index is 1020. The van der Waals surface area contributed by atoms with E-state index >= 15 is 0 Å². The number of halogens is 4. The number of rotatable bonds is 7. The maximum Gasteiger partial charge on any atom is 0.382 e. The first-order valence-corrected chi connectivity index (χ1v) is 10.3. The Labute approximate surface area is 174 Å². The molecule has 2 rings (SSSR count). The lowest BCUT2D eigenvalue weighted by molar-refractivity contribution is -0.385. The Morgan fingerprint density at radius 2 is 1.90 bits per heavy atom. The van der Waals surface area contributed by atoms with E-state index in [4.69, 9.17) is 21.1 Å². The molecule has 0 aliphatic carbocycles. The van der Waals surface area contributed by atoms with E-state index in [-0.39, 0.29) is 11.9 Å². The van der Waals surface area contributed by atoms with Crippen LogP contribution in [0.2, 0.25) is 5.02 Å². The monoisotopic (exact) mass is 464 g/mol. The van der Waals surface area contributed by atoms with Crippen molar-refractivity contribution < 1.29 is 36.9 Å². The summed E-state index contributed by atoms with van der Waals surface area (Å²) in [6.45, 7) is 3.95. The minimum absolute atomic E-state index is 0.220. The third kappa shape index (κ3) is 4.71. The van der Waals surface area contributed by atoms with E-state index in [1.807, 2.05) is 0 Å². The Balaban J connectivity index is 2.48. The molecule has 0 heterocycles. The predicted molar refractivity (Wildman–Crippen MR) is 102 cm³/mol. The van der Waals surface area contributed by atoms with Gasteiger partial charge in [-0.1, -0.05) is 16.2 Å². The van der Waals surface area contributed by atoms with Crippen LogP contribution in [0.25, 0.3) is 0 Å². The summed E-state index contributed by atoms with van der Waals surface area (Å²) in [6, 6.07) is 2.68. The van der Waals surface area contributed by atoms with Crippen LogP contribution in [0, 0.1) is 34.5 Å². The number of nitro benzene ring substituents is 1. The first kappa shape index (κ1) is 23.6. The summed E-state index contributed by atoms with van der Waals surface area (Å²) in [7, 11) is -1.90. The number of esters is 1. The average molecular weight is 465 g/mol. The Morgan fingerprint density at radius 3 is 2.47 bits per heavy atom.